The van der Waals surface area contributed by atoms with Gasteiger partial charge in [-0.15, -0.1) is 11.8 Å². The molecule has 0 bridgehead atoms. The van der Waals surface area contributed by atoms with Gasteiger partial charge < -0.3 is 24.4 Å². The normalized spacial score (nSPS) is 18.4. The lowest BCUT2D eigenvalue weighted by Gasteiger charge is -2.30. The van der Waals surface area contributed by atoms with Crippen LogP contribution in [0.15, 0.2) is 53.4 Å². The molecule has 0 spiro atoms. The van der Waals surface area contributed by atoms with Gasteiger partial charge in [0.2, 0.25) is 0 Å². The van der Waals surface area contributed by atoms with Crippen LogP contribution < -0.4 is 15.0 Å². The molecular weight excluding hydrogens is 400 g/mol. The lowest BCUT2D eigenvalue weighted by Crippen LogP contribution is -2.39. The van der Waals surface area contributed by atoms with Crippen LogP contribution in [0.3, 0.4) is 0 Å². The highest BCUT2D eigenvalue weighted by Gasteiger charge is 2.32. The Morgan fingerprint density at radius 1 is 1.20 bits per heavy atom. The Morgan fingerprint density at radius 3 is 2.67 bits per heavy atom. The van der Waals surface area contributed by atoms with Gasteiger partial charge in [0.25, 0.3) is 0 Å². The van der Waals surface area contributed by atoms with Crippen molar-refractivity contribution in [2.75, 3.05) is 51.9 Å². The van der Waals surface area contributed by atoms with Crippen molar-refractivity contribution in [3.63, 3.8) is 0 Å². The third-order valence-corrected chi connectivity index (χ3v) is 6.42. The average molecular weight is 431 g/mol. The fraction of sp³-hybridized carbons (Fsp3) is 0.435. The Kier molecular flexibility index (Phi) is 8.42. The Balaban J connectivity index is 1.92. The van der Waals surface area contributed by atoms with Gasteiger partial charge in [0.15, 0.2) is 0 Å². The number of nitrogens with zero attached hydrogens (tertiary/aromatic N) is 1. The lowest BCUT2D eigenvalue weighted by molar-refractivity contribution is -0.150. The van der Waals surface area contributed by atoms with Crippen molar-refractivity contribution < 1.29 is 19.0 Å². The predicted molar refractivity (Wildman–Crippen MR) is 121 cm³/mol. The summed E-state index contributed by atoms with van der Waals surface area (Å²) >= 11 is 1.77. The molecule has 0 radical (unpaired) electrons. The quantitative estimate of drug-likeness (QED) is 0.611. The van der Waals surface area contributed by atoms with E-state index >= 15 is 0 Å². The molecule has 30 heavy (non-hydrogen) atoms. The SMILES string of the molecule is CCOC(=O)CO[C@@H]1CN(CCNC)c2ccccc2S[C@@H]1c1ccc(OC)cc1. The summed E-state index contributed by atoms with van der Waals surface area (Å²) in [6, 6.07) is 16.5. The minimum atomic E-state index is -0.334. The second-order valence-corrected chi connectivity index (χ2v) is 8.17. The molecule has 2 atom stereocenters. The van der Waals surface area contributed by atoms with Gasteiger partial charge in [-0.05, 0) is 43.8 Å². The number of hydrogen-bond donors (Lipinski definition) is 1. The number of fused-ring (bicyclic) bond motifs is 1. The monoisotopic (exact) mass is 430 g/mol. The van der Waals surface area contributed by atoms with Crippen molar-refractivity contribution >= 4 is 23.4 Å². The Bertz CT molecular complexity index is 815. The minimum absolute atomic E-state index is 0.0334. The van der Waals surface area contributed by atoms with Crippen LogP contribution in [0.25, 0.3) is 0 Å². The number of para-hydroxylation sites is 1. The van der Waals surface area contributed by atoms with Crippen LogP contribution in [0.1, 0.15) is 17.7 Å². The van der Waals surface area contributed by atoms with Crippen LogP contribution in [0.4, 0.5) is 5.69 Å². The fourth-order valence-electron chi connectivity index (χ4n) is 3.49. The molecule has 2 aromatic carbocycles. The molecule has 0 aromatic heterocycles. The van der Waals surface area contributed by atoms with Crippen molar-refractivity contribution in [3.05, 3.63) is 54.1 Å². The highest BCUT2D eigenvalue weighted by atomic mass is 32.2. The van der Waals surface area contributed by atoms with Gasteiger partial charge in [-0.2, -0.15) is 0 Å². The first kappa shape index (κ1) is 22.5. The zero-order valence-electron chi connectivity index (χ0n) is 17.8. The first-order valence-electron chi connectivity index (χ1n) is 10.2. The molecule has 6 nitrogen and oxygen atoms in total. The minimum Gasteiger partial charge on any atom is -0.497 e. The number of nitrogens with one attached hydrogen (secondary N) is 1. The van der Waals surface area contributed by atoms with E-state index in [1.54, 1.807) is 25.8 Å². The number of benzene rings is 2. The molecule has 0 saturated heterocycles. The van der Waals surface area contributed by atoms with Gasteiger partial charge >= 0.3 is 5.97 Å². The van der Waals surface area contributed by atoms with Gasteiger partial charge in [0.05, 0.1) is 30.8 Å². The summed E-state index contributed by atoms with van der Waals surface area (Å²) in [5.41, 5.74) is 2.33. The number of likely N-dealkylation sites (N-methyl/N-ethyl adjacent to an activating group) is 1. The Morgan fingerprint density at radius 2 is 1.97 bits per heavy atom. The summed E-state index contributed by atoms with van der Waals surface area (Å²) in [5.74, 6) is 0.483. The topological polar surface area (TPSA) is 60.0 Å². The second-order valence-electron chi connectivity index (χ2n) is 6.98. The lowest BCUT2D eigenvalue weighted by atomic mass is 10.1. The first-order chi connectivity index (χ1) is 14.7. The average Bonchev–Trinajstić information content (AvgIpc) is 2.93. The number of hydrogen-bond acceptors (Lipinski definition) is 7. The number of ether oxygens (including phenoxy) is 3. The number of esters is 1. The first-order valence-corrected chi connectivity index (χ1v) is 11.1. The van der Waals surface area contributed by atoms with E-state index in [0.29, 0.717) is 13.2 Å². The van der Waals surface area contributed by atoms with Crippen molar-refractivity contribution in [3.8, 4) is 5.75 Å². The molecule has 1 aliphatic rings. The van der Waals surface area contributed by atoms with Gasteiger partial charge in [-0.3, -0.25) is 0 Å². The van der Waals surface area contributed by atoms with Crippen LogP contribution in [-0.4, -0.2) is 59.1 Å². The van der Waals surface area contributed by atoms with E-state index < -0.39 is 0 Å². The number of thioether (sulfide) groups is 1. The summed E-state index contributed by atoms with van der Waals surface area (Å²) in [4.78, 5) is 15.5. The molecule has 1 N–H and O–H groups in total. The van der Waals surface area contributed by atoms with Crippen LogP contribution in [0.5, 0.6) is 5.75 Å². The van der Waals surface area contributed by atoms with Crippen molar-refractivity contribution in [2.24, 2.45) is 0 Å². The van der Waals surface area contributed by atoms with Gasteiger partial charge in [0.1, 0.15) is 12.4 Å². The summed E-state index contributed by atoms with van der Waals surface area (Å²) in [5, 5.41) is 3.26. The van der Waals surface area contributed by atoms with E-state index in [2.05, 4.69) is 46.6 Å². The summed E-state index contributed by atoms with van der Waals surface area (Å²) in [6.45, 7) is 4.49. The predicted octanol–water partition coefficient (Wildman–Crippen LogP) is 3.52. The number of rotatable bonds is 9. The van der Waals surface area contributed by atoms with Gasteiger partial charge in [-0.25, -0.2) is 4.79 Å². The summed E-state index contributed by atoms with van der Waals surface area (Å²) in [6.07, 6.45) is -0.183. The Labute approximate surface area is 182 Å². The van der Waals surface area contributed by atoms with Crippen molar-refractivity contribution in [1.29, 1.82) is 0 Å². The molecule has 0 fully saturated rings. The van der Waals surface area contributed by atoms with E-state index in [0.717, 1.165) is 24.4 Å². The summed E-state index contributed by atoms with van der Waals surface area (Å²) < 4.78 is 16.5. The third kappa shape index (κ3) is 5.68. The van der Waals surface area contributed by atoms with Crippen LogP contribution in [0.2, 0.25) is 0 Å². The molecule has 0 saturated carbocycles. The molecule has 0 unspecified atom stereocenters. The zero-order valence-corrected chi connectivity index (χ0v) is 18.6. The molecular formula is C23H30N2O4S. The molecule has 0 aliphatic carbocycles. The van der Waals surface area contributed by atoms with Crippen LogP contribution in [0, 0.1) is 0 Å². The summed E-state index contributed by atoms with van der Waals surface area (Å²) in [7, 11) is 3.62. The van der Waals surface area contributed by atoms with Crippen LogP contribution in [-0.2, 0) is 14.3 Å². The van der Waals surface area contributed by atoms with E-state index in [4.69, 9.17) is 14.2 Å². The standard InChI is InChI=1S/C23H30N2O4S/c1-4-28-22(26)16-29-20-15-25(14-13-24-2)19-7-5-6-8-21(19)30-23(20)17-9-11-18(27-3)12-10-17/h5-12,20,23-24H,4,13-16H2,1-3H3/t20-,23-/m1/s1. The molecule has 3 rings (SSSR count). The molecule has 2 aromatic rings. The third-order valence-electron chi connectivity index (χ3n) is 4.99. The fourth-order valence-corrected chi connectivity index (χ4v) is 4.85. The number of carbonyl (C=O) groups is 1. The smallest absolute Gasteiger partial charge is 0.332 e. The molecule has 0 amide bonds. The van der Waals surface area contributed by atoms with Crippen molar-refractivity contribution in [1.82, 2.24) is 5.32 Å². The highest BCUT2D eigenvalue weighted by molar-refractivity contribution is 7.99. The highest BCUT2D eigenvalue weighted by Crippen LogP contribution is 2.46. The molecule has 162 valence electrons. The number of anilines is 1. The number of methoxy groups -OCH3 is 1. The maximum absolute atomic E-state index is 12.0. The van der Waals surface area contributed by atoms with Gasteiger partial charge in [0, 0.05) is 24.5 Å². The molecule has 7 heteroatoms. The van der Waals surface area contributed by atoms with E-state index in [1.807, 2.05) is 19.2 Å². The van der Waals surface area contributed by atoms with Gasteiger partial charge in [-0.1, -0.05) is 24.3 Å². The largest absolute Gasteiger partial charge is 0.497 e. The number of carbonyl (C=O) groups excluding carboxylic acids is 1. The van der Waals surface area contributed by atoms with Crippen LogP contribution >= 0.6 is 11.8 Å². The van der Waals surface area contributed by atoms with E-state index in [1.165, 1.54) is 10.6 Å². The van der Waals surface area contributed by atoms with E-state index in [9.17, 15) is 4.79 Å². The van der Waals surface area contributed by atoms with E-state index in [-0.39, 0.29) is 23.9 Å². The second kappa shape index (κ2) is 11.2. The van der Waals surface area contributed by atoms with Crippen molar-refractivity contribution in [2.45, 2.75) is 23.2 Å². The zero-order chi connectivity index (χ0) is 21.3. The molecule has 1 heterocycles. The maximum atomic E-state index is 12.0. The maximum Gasteiger partial charge on any atom is 0.332 e. The molecule has 1 aliphatic heterocycles. The Hall–Kier alpha value is -2.22.